The Morgan fingerprint density at radius 3 is 2.44 bits per heavy atom. The molecule has 16 heavy (non-hydrogen) atoms. The number of hydrogen-bond donors (Lipinski definition) is 0. The van der Waals surface area contributed by atoms with E-state index in [0.29, 0.717) is 0 Å². The zero-order valence-corrected chi connectivity index (χ0v) is 8.85. The van der Waals surface area contributed by atoms with Crippen molar-refractivity contribution < 1.29 is 19.1 Å². The van der Waals surface area contributed by atoms with Crippen molar-refractivity contribution in [2.75, 3.05) is 13.2 Å². The molecule has 1 aromatic rings. The van der Waals surface area contributed by atoms with E-state index in [0.717, 1.165) is 5.56 Å². The minimum atomic E-state index is -0.690. The van der Waals surface area contributed by atoms with Gasteiger partial charge in [0.2, 0.25) is 0 Å². The lowest BCUT2D eigenvalue weighted by molar-refractivity contribution is -0.162. The predicted molar refractivity (Wildman–Crippen MR) is 57.4 cm³/mol. The van der Waals surface area contributed by atoms with Crippen LogP contribution in [-0.4, -0.2) is 25.2 Å². The minimum Gasteiger partial charge on any atom is -0.391 e. The lowest BCUT2D eigenvalue weighted by Gasteiger charge is -2.03. The number of esters is 2. The van der Waals surface area contributed by atoms with Crippen LogP contribution in [0.5, 0.6) is 0 Å². The molecule has 0 aromatic heterocycles. The fourth-order valence-corrected chi connectivity index (χ4v) is 1.11. The molecule has 1 aromatic carbocycles. The highest BCUT2D eigenvalue weighted by atomic mass is 16.6. The highest BCUT2D eigenvalue weighted by Gasteiger charge is 2.10. The van der Waals surface area contributed by atoms with E-state index < -0.39 is 11.9 Å². The van der Waals surface area contributed by atoms with Crippen molar-refractivity contribution in [1.82, 2.24) is 0 Å². The largest absolute Gasteiger partial charge is 0.391 e. The Hall–Kier alpha value is -1.68. The average Bonchev–Trinajstić information content (AvgIpc) is 2.27. The van der Waals surface area contributed by atoms with Crippen molar-refractivity contribution in [1.29, 1.82) is 0 Å². The summed E-state index contributed by atoms with van der Waals surface area (Å²) in [6, 6.07) is 9.06. The molecule has 0 N–H and O–H groups in total. The van der Waals surface area contributed by atoms with Gasteiger partial charge in [-0.25, -0.2) is 4.79 Å². The van der Waals surface area contributed by atoms with Crippen LogP contribution in [0.2, 0.25) is 0 Å². The number of ether oxygens (including phenoxy) is 2. The van der Waals surface area contributed by atoms with E-state index in [1.54, 1.807) is 12.1 Å². The van der Waals surface area contributed by atoms with E-state index in [9.17, 15) is 9.59 Å². The van der Waals surface area contributed by atoms with Crippen LogP contribution in [0.3, 0.4) is 0 Å². The third kappa shape index (κ3) is 4.70. The summed E-state index contributed by atoms with van der Waals surface area (Å²) in [6.07, 6.45) is 0.0803. The van der Waals surface area contributed by atoms with Gasteiger partial charge in [0.15, 0.2) is 0 Å². The van der Waals surface area contributed by atoms with Crippen LogP contribution in [0.4, 0.5) is 0 Å². The van der Waals surface area contributed by atoms with Crippen LogP contribution >= 0.6 is 0 Å². The first-order valence-corrected chi connectivity index (χ1v) is 4.87. The second-order valence-corrected chi connectivity index (χ2v) is 3.06. The quantitative estimate of drug-likeness (QED) is 0.553. The number of carbonyl (C=O) groups excluding carboxylic acids is 2. The van der Waals surface area contributed by atoms with Gasteiger partial charge in [0, 0.05) is 6.61 Å². The molecule has 0 spiro atoms. The molecule has 0 amide bonds. The molecule has 0 unspecified atom stereocenters. The smallest absolute Gasteiger partial charge is 0.339 e. The van der Waals surface area contributed by atoms with Gasteiger partial charge in [0.1, 0.15) is 6.61 Å². The van der Waals surface area contributed by atoms with Crippen molar-refractivity contribution >= 4 is 11.9 Å². The number of carbonyl (C=O) groups is 2. The van der Waals surface area contributed by atoms with Crippen molar-refractivity contribution in [3.8, 4) is 0 Å². The second-order valence-electron chi connectivity index (χ2n) is 3.06. The van der Waals surface area contributed by atoms with Gasteiger partial charge in [-0.3, -0.25) is 4.79 Å². The van der Waals surface area contributed by atoms with E-state index in [4.69, 9.17) is 4.74 Å². The first-order chi connectivity index (χ1) is 7.72. The van der Waals surface area contributed by atoms with Crippen LogP contribution < -0.4 is 0 Å². The van der Waals surface area contributed by atoms with Crippen molar-refractivity contribution in [3.63, 3.8) is 0 Å². The molecular formula is C12H13O4. The molecule has 0 fully saturated rings. The first kappa shape index (κ1) is 12.4. The van der Waals surface area contributed by atoms with Crippen LogP contribution in [0.25, 0.3) is 0 Å². The second kappa shape index (κ2) is 6.74. The molecule has 4 heteroatoms. The first-order valence-electron chi connectivity index (χ1n) is 4.87. The van der Waals surface area contributed by atoms with Gasteiger partial charge in [-0.2, -0.15) is 0 Å². The molecule has 0 atom stereocenters. The van der Waals surface area contributed by atoms with Crippen molar-refractivity contribution in [3.05, 3.63) is 42.8 Å². The fraction of sp³-hybridized carbons (Fsp3) is 0.250. The lowest BCUT2D eigenvalue weighted by atomic mass is 10.2. The molecule has 0 saturated heterocycles. The number of benzene rings is 1. The maximum atomic E-state index is 11.3. The lowest BCUT2D eigenvalue weighted by Crippen LogP contribution is -2.18. The van der Waals surface area contributed by atoms with Gasteiger partial charge in [-0.05, 0) is 12.5 Å². The topological polar surface area (TPSA) is 52.6 Å². The minimum absolute atomic E-state index is 0.0803. The summed E-state index contributed by atoms with van der Waals surface area (Å²) in [6.45, 7) is 3.31. The predicted octanol–water partition coefficient (Wildman–Crippen LogP) is 1.15. The average molecular weight is 221 g/mol. The maximum Gasteiger partial charge on any atom is 0.339 e. The van der Waals surface area contributed by atoms with Crippen LogP contribution in [0.1, 0.15) is 5.56 Å². The van der Waals surface area contributed by atoms with Gasteiger partial charge in [0.25, 0.3) is 0 Å². The fourth-order valence-electron chi connectivity index (χ4n) is 1.11. The molecule has 85 valence electrons. The molecule has 0 bridgehead atoms. The Balaban J connectivity index is 2.34. The Bertz CT molecular complexity index is 345. The van der Waals surface area contributed by atoms with E-state index in [1.165, 1.54) is 0 Å². The van der Waals surface area contributed by atoms with E-state index in [-0.39, 0.29) is 19.6 Å². The Morgan fingerprint density at radius 2 is 1.81 bits per heavy atom. The molecule has 0 aliphatic carbocycles. The summed E-state index contributed by atoms with van der Waals surface area (Å²) in [7, 11) is 0. The van der Waals surface area contributed by atoms with Gasteiger partial charge in [-0.15, -0.1) is 0 Å². The van der Waals surface area contributed by atoms with E-state index >= 15 is 0 Å². The highest BCUT2D eigenvalue weighted by Crippen LogP contribution is 2.00. The molecule has 4 nitrogen and oxygen atoms in total. The van der Waals surface area contributed by atoms with Crippen molar-refractivity contribution in [2.24, 2.45) is 0 Å². The van der Waals surface area contributed by atoms with Crippen LogP contribution in [-0.2, 0) is 25.5 Å². The number of hydrogen-bond acceptors (Lipinski definition) is 4. The normalized spacial score (nSPS) is 9.81. The van der Waals surface area contributed by atoms with E-state index in [2.05, 4.69) is 11.7 Å². The summed E-state index contributed by atoms with van der Waals surface area (Å²) in [5.74, 6) is -1.27. The summed E-state index contributed by atoms with van der Waals surface area (Å²) in [5, 5.41) is 0. The third-order valence-electron chi connectivity index (χ3n) is 1.78. The SMILES string of the molecule is [CH2]COCC(=O)OC(=O)Cc1ccccc1. The van der Waals surface area contributed by atoms with Crippen LogP contribution in [0.15, 0.2) is 30.3 Å². The third-order valence-corrected chi connectivity index (χ3v) is 1.78. The van der Waals surface area contributed by atoms with Gasteiger partial charge in [0.05, 0.1) is 6.42 Å². The van der Waals surface area contributed by atoms with E-state index in [1.807, 2.05) is 18.2 Å². The van der Waals surface area contributed by atoms with Crippen molar-refractivity contribution in [2.45, 2.75) is 6.42 Å². The van der Waals surface area contributed by atoms with Gasteiger partial charge >= 0.3 is 11.9 Å². The molecule has 1 rings (SSSR count). The summed E-state index contributed by atoms with van der Waals surface area (Å²) >= 11 is 0. The van der Waals surface area contributed by atoms with Crippen LogP contribution in [0, 0.1) is 6.92 Å². The standard InChI is InChI=1S/C12H13O4/c1-2-15-9-12(14)16-11(13)8-10-6-4-3-5-7-10/h3-7H,1-2,8-9H2. The zero-order valence-electron chi connectivity index (χ0n) is 8.85. The Labute approximate surface area is 94.2 Å². The Kier molecular flexibility index (Phi) is 5.22. The summed E-state index contributed by atoms with van der Waals surface area (Å²) in [5.41, 5.74) is 0.804. The molecule has 0 aliphatic rings. The molecular weight excluding hydrogens is 208 g/mol. The highest BCUT2D eigenvalue weighted by molar-refractivity contribution is 5.87. The van der Waals surface area contributed by atoms with Gasteiger partial charge in [-0.1, -0.05) is 30.3 Å². The summed E-state index contributed by atoms with van der Waals surface area (Å²) < 4.78 is 9.23. The molecule has 0 aliphatic heterocycles. The summed E-state index contributed by atoms with van der Waals surface area (Å²) in [4.78, 5) is 22.3. The number of rotatable bonds is 5. The maximum absolute atomic E-state index is 11.3. The molecule has 0 saturated carbocycles. The van der Waals surface area contributed by atoms with Gasteiger partial charge < -0.3 is 9.47 Å². The monoisotopic (exact) mass is 221 g/mol. The molecule has 0 heterocycles. The molecule has 1 radical (unpaired) electrons. The Morgan fingerprint density at radius 1 is 1.12 bits per heavy atom. The zero-order chi connectivity index (χ0) is 11.8.